The summed E-state index contributed by atoms with van der Waals surface area (Å²) in [4.78, 5) is 0. The maximum atomic E-state index is 10.4. The van der Waals surface area contributed by atoms with E-state index in [0.717, 1.165) is 29.9 Å². The van der Waals surface area contributed by atoms with Crippen LogP contribution in [0.15, 0.2) is 48.5 Å². The molecule has 3 nitrogen and oxygen atoms in total. The molecule has 20 heavy (non-hydrogen) atoms. The highest BCUT2D eigenvalue weighted by molar-refractivity contribution is 5.34. The zero-order chi connectivity index (χ0) is 13.9. The number of rotatable bonds is 3. The van der Waals surface area contributed by atoms with Gasteiger partial charge < -0.3 is 14.6 Å². The first-order valence-corrected chi connectivity index (χ1v) is 6.84. The van der Waals surface area contributed by atoms with Crippen molar-refractivity contribution in [2.45, 2.75) is 25.0 Å². The van der Waals surface area contributed by atoms with Crippen molar-refractivity contribution >= 4 is 0 Å². The van der Waals surface area contributed by atoms with Gasteiger partial charge in [0.2, 0.25) is 0 Å². The SMILES string of the molecule is COc1ccc(OC2CCc3ccccc3C2O)cc1. The molecular weight excluding hydrogens is 252 g/mol. The molecular formula is C17H18O3. The average Bonchev–Trinajstić information content (AvgIpc) is 2.51. The quantitative estimate of drug-likeness (QED) is 0.931. The van der Waals surface area contributed by atoms with Crippen molar-refractivity contribution in [3.8, 4) is 11.5 Å². The molecule has 2 aromatic carbocycles. The maximum Gasteiger partial charge on any atom is 0.129 e. The minimum atomic E-state index is -0.568. The normalized spacial score (nSPS) is 21.1. The molecule has 0 radical (unpaired) electrons. The Hall–Kier alpha value is -2.00. The van der Waals surface area contributed by atoms with Crippen molar-refractivity contribution in [2.75, 3.05) is 7.11 Å². The minimum absolute atomic E-state index is 0.196. The van der Waals surface area contributed by atoms with E-state index >= 15 is 0 Å². The lowest BCUT2D eigenvalue weighted by molar-refractivity contribution is 0.0230. The highest BCUT2D eigenvalue weighted by Gasteiger charge is 2.29. The first kappa shape index (κ1) is 13.0. The molecule has 0 heterocycles. The van der Waals surface area contributed by atoms with Gasteiger partial charge in [-0.15, -0.1) is 0 Å². The van der Waals surface area contributed by atoms with Gasteiger partial charge in [0, 0.05) is 0 Å². The monoisotopic (exact) mass is 270 g/mol. The zero-order valence-corrected chi connectivity index (χ0v) is 11.5. The van der Waals surface area contributed by atoms with Gasteiger partial charge in [-0.25, -0.2) is 0 Å². The highest BCUT2D eigenvalue weighted by Crippen LogP contribution is 2.32. The molecule has 0 amide bonds. The van der Waals surface area contributed by atoms with E-state index in [2.05, 4.69) is 6.07 Å². The summed E-state index contributed by atoms with van der Waals surface area (Å²) in [6.45, 7) is 0. The Morgan fingerprint density at radius 2 is 1.70 bits per heavy atom. The van der Waals surface area contributed by atoms with E-state index < -0.39 is 6.10 Å². The van der Waals surface area contributed by atoms with E-state index in [9.17, 15) is 5.11 Å². The van der Waals surface area contributed by atoms with Crippen LogP contribution in [0.25, 0.3) is 0 Å². The van der Waals surface area contributed by atoms with Gasteiger partial charge in [0.15, 0.2) is 0 Å². The molecule has 0 bridgehead atoms. The average molecular weight is 270 g/mol. The summed E-state index contributed by atoms with van der Waals surface area (Å²) in [5, 5.41) is 10.4. The molecule has 3 rings (SSSR count). The molecule has 104 valence electrons. The van der Waals surface area contributed by atoms with Crippen molar-refractivity contribution in [2.24, 2.45) is 0 Å². The van der Waals surface area contributed by atoms with Gasteiger partial charge in [-0.1, -0.05) is 24.3 Å². The Balaban J connectivity index is 1.75. The molecule has 1 aliphatic rings. The molecule has 1 N–H and O–H groups in total. The van der Waals surface area contributed by atoms with Crippen LogP contribution in [0.4, 0.5) is 0 Å². The third-order valence-electron chi connectivity index (χ3n) is 3.77. The number of ether oxygens (including phenoxy) is 2. The second kappa shape index (κ2) is 5.55. The van der Waals surface area contributed by atoms with Crippen molar-refractivity contribution in [1.82, 2.24) is 0 Å². The lowest BCUT2D eigenvalue weighted by Crippen LogP contribution is -2.30. The number of aryl methyl sites for hydroxylation is 1. The first-order valence-electron chi connectivity index (χ1n) is 6.84. The van der Waals surface area contributed by atoms with E-state index in [1.54, 1.807) is 7.11 Å². The van der Waals surface area contributed by atoms with Crippen molar-refractivity contribution in [1.29, 1.82) is 0 Å². The summed E-state index contributed by atoms with van der Waals surface area (Å²) < 4.78 is 11.0. The van der Waals surface area contributed by atoms with Crippen LogP contribution >= 0.6 is 0 Å². The first-order chi connectivity index (χ1) is 9.78. The molecule has 1 aliphatic carbocycles. The Kier molecular flexibility index (Phi) is 3.61. The topological polar surface area (TPSA) is 38.7 Å². The molecule has 0 saturated carbocycles. The fourth-order valence-corrected chi connectivity index (χ4v) is 2.66. The number of hydrogen-bond acceptors (Lipinski definition) is 3. The smallest absolute Gasteiger partial charge is 0.129 e. The van der Waals surface area contributed by atoms with Gasteiger partial charge in [-0.05, 0) is 48.2 Å². The molecule has 3 heteroatoms. The molecule has 0 saturated heterocycles. The van der Waals surface area contributed by atoms with Gasteiger partial charge in [-0.3, -0.25) is 0 Å². The number of aliphatic hydroxyl groups is 1. The Morgan fingerprint density at radius 3 is 2.45 bits per heavy atom. The molecule has 0 aliphatic heterocycles. The van der Waals surface area contributed by atoms with E-state index in [1.165, 1.54) is 5.56 Å². The molecule has 0 spiro atoms. The van der Waals surface area contributed by atoms with Crippen LogP contribution in [0.5, 0.6) is 11.5 Å². The van der Waals surface area contributed by atoms with Gasteiger partial charge in [0.25, 0.3) is 0 Å². The van der Waals surface area contributed by atoms with Crippen LogP contribution in [-0.4, -0.2) is 18.3 Å². The Morgan fingerprint density at radius 1 is 1.00 bits per heavy atom. The number of aliphatic hydroxyl groups excluding tert-OH is 1. The molecule has 0 fully saturated rings. The largest absolute Gasteiger partial charge is 0.497 e. The van der Waals surface area contributed by atoms with Crippen LogP contribution < -0.4 is 9.47 Å². The van der Waals surface area contributed by atoms with E-state index in [0.29, 0.717) is 0 Å². The molecule has 2 atom stereocenters. The Bertz CT molecular complexity index is 577. The van der Waals surface area contributed by atoms with Gasteiger partial charge in [0.05, 0.1) is 7.11 Å². The van der Waals surface area contributed by atoms with Crippen molar-refractivity contribution in [3.05, 3.63) is 59.7 Å². The number of benzene rings is 2. The lowest BCUT2D eigenvalue weighted by Gasteiger charge is -2.30. The number of methoxy groups -OCH3 is 1. The van der Waals surface area contributed by atoms with Crippen molar-refractivity contribution < 1.29 is 14.6 Å². The van der Waals surface area contributed by atoms with Crippen LogP contribution in [-0.2, 0) is 6.42 Å². The molecule has 0 aromatic heterocycles. The molecule has 2 unspecified atom stereocenters. The summed E-state index contributed by atoms with van der Waals surface area (Å²) in [6.07, 6.45) is 0.999. The number of hydrogen-bond donors (Lipinski definition) is 1. The van der Waals surface area contributed by atoms with E-state index in [4.69, 9.17) is 9.47 Å². The Labute approximate surface area is 118 Å². The predicted octanol–water partition coefficient (Wildman–Crippen LogP) is 3.12. The van der Waals surface area contributed by atoms with Crippen LogP contribution in [0.3, 0.4) is 0 Å². The maximum absolute atomic E-state index is 10.4. The second-order valence-corrected chi connectivity index (χ2v) is 5.01. The third-order valence-corrected chi connectivity index (χ3v) is 3.77. The zero-order valence-electron chi connectivity index (χ0n) is 11.5. The van der Waals surface area contributed by atoms with Crippen LogP contribution in [0.1, 0.15) is 23.7 Å². The lowest BCUT2D eigenvalue weighted by atomic mass is 9.87. The highest BCUT2D eigenvalue weighted by atomic mass is 16.5. The fraction of sp³-hybridized carbons (Fsp3) is 0.294. The summed E-state index contributed by atoms with van der Waals surface area (Å²) in [6, 6.07) is 15.5. The van der Waals surface area contributed by atoms with E-state index in [-0.39, 0.29) is 6.10 Å². The van der Waals surface area contributed by atoms with Crippen molar-refractivity contribution in [3.63, 3.8) is 0 Å². The summed E-state index contributed by atoms with van der Waals surface area (Å²) in [7, 11) is 1.64. The van der Waals surface area contributed by atoms with Crippen LogP contribution in [0.2, 0.25) is 0 Å². The second-order valence-electron chi connectivity index (χ2n) is 5.01. The summed E-state index contributed by atoms with van der Waals surface area (Å²) >= 11 is 0. The fourth-order valence-electron chi connectivity index (χ4n) is 2.66. The van der Waals surface area contributed by atoms with Crippen LogP contribution in [0, 0.1) is 0 Å². The summed E-state index contributed by atoms with van der Waals surface area (Å²) in [5.74, 6) is 1.56. The predicted molar refractivity (Wildman–Crippen MR) is 77.1 cm³/mol. The van der Waals surface area contributed by atoms with Gasteiger partial charge in [0.1, 0.15) is 23.7 Å². The standard InChI is InChI=1S/C17H18O3/c1-19-13-7-9-14(10-8-13)20-16-11-6-12-4-2-3-5-15(12)17(16)18/h2-5,7-10,16-18H,6,11H2,1H3. The molecule has 2 aromatic rings. The minimum Gasteiger partial charge on any atom is -0.497 e. The van der Waals surface area contributed by atoms with Gasteiger partial charge >= 0.3 is 0 Å². The van der Waals surface area contributed by atoms with Gasteiger partial charge in [-0.2, -0.15) is 0 Å². The van der Waals surface area contributed by atoms with E-state index in [1.807, 2.05) is 42.5 Å². The third kappa shape index (κ3) is 2.49. The number of fused-ring (bicyclic) bond motifs is 1. The summed E-state index contributed by atoms with van der Waals surface area (Å²) in [5.41, 5.74) is 2.20.